The van der Waals surface area contributed by atoms with E-state index in [1.807, 2.05) is 13.8 Å². The summed E-state index contributed by atoms with van der Waals surface area (Å²) in [5.41, 5.74) is 0.738. The lowest BCUT2D eigenvalue weighted by Gasteiger charge is -2.12. The molecule has 0 saturated heterocycles. The summed E-state index contributed by atoms with van der Waals surface area (Å²) in [5, 5.41) is 0.909. The summed E-state index contributed by atoms with van der Waals surface area (Å²) in [6.45, 7) is 4.49. The topological polar surface area (TPSA) is 48.4 Å². The van der Waals surface area contributed by atoms with Gasteiger partial charge < -0.3 is 9.47 Å². The molecule has 1 heterocycles. The molecule has 5 heteroatoms. The van der Waals surface area contributed by atoms with Gasteiger partial charge in [-0.3, -0.25) is 0 Å². The molecule has 1 saturated carbocycles. The smallest absolute Gasteiger partial charge is 0.349 e. The molecule has 1 aromatic heterocycles. The van der Waals surface area contributed by atoms with E-state index in [9.17, 15) is 4.79 Å². The Morgan fingerprint density at radius 3 is 2.82 bits per heavy atom. The van der Waals surface area contributed by atoms with E-state index in [2.05, 4.69) is 4.98 Å². The van der Waals surface area contributed by atoms with Crippen LogP contribution in [0.25, 0.3) is 0 Å². The summed E-state index contributed by atoms with van der Waals surface area (Å²) < 4.78 is 10.5. The van der Waals surface area contributed by atoms with E-state index in [-0.39, 0.29) is 12.1 Å². The lowest BCUT2D eigenvalue weighted by molar-refractivity contribution is 0.0461. The van der Waals surface area contributed by atoms with Crippen LogP contribution in [0, 0.1) is 12.8 Å². The van der Waals surface area contributed by atoms with Crippen LogP contribution < -0.4 is 0 Å². The van der Waals surface area contributed by atoms with E-state index in [0.717, 1.165) is 10.7 Å². The second kappa shape index (κ2) is 5.14. The van der Waals surface area contributed by atoms with Crippen molar-refractivity contribution >= 4 is 17.3 Å². The molecule has 0 spiro atoms. The quantitative estimate of drug-likeness (QED) is 0.759. The molecule has 0 bridgehead atoms. The van der Waals surface area contributed by atoms with E-state index in [1.165, 1.54) is 31.3 Å². The fourth-order valence-corrected chi connectivity index (χ4v) is 2.94. The number of ether oxygens (including phenoxy) is 2. The van der Waals surface area contributed by atoms with Crippen molar-refractivity contribution in [3.63, 3.8) is 0 Å². The van der Waals surface area contributed by atoms with Gasteiger partial charge in [0.2, 0.25) is 0 Å². The van der Waals surface area contributed by atoms with Crippen LogP contribution >= 0.6 is 11.3 Å². The van der Waals surface area contributed by atoms with Crippen molar-refractivity contribution in [3.8, 4) is 0 Å². The molecule has 1 aliphatic carbocycles. The molecule has 0 aromatic carbocycles. The van der Waals surface area contributed by atoms with E-state index in [1.54, 1.807) is 0 Å². The molecule has 2 rings (SSSR count). The van der Waals surface area contributed by atoms with Gasteiger partial charge in [0.25, 0.3) is 0 Å². The van der Waals surface area contributed by atoms with Crippen LogP contribution in [0.15, 0.2) is 0 Å². The molecule has 0 N–H and O–H groups in total. The lowest BCUT2D eigenvalue weighted by atomic mass is 10.2. The van der Waals surface area contributed by atoms with Crippen molar-refractivity contribution in [2.24, 2.45) is 5.92 Å². The molecule has 1 aliphatic rings. The molecule has 1 aromatic rings. The Hall–Kier alpha value is -0.940. The number of aromatic nitrogens is 1. The fourth-order valence-electron chi connectivity index (χ4n) is 1.81. The van der Waals surface area contributed by atoms with Crippen LogP contribution in [-0.2, 0) is 9.47 Å². The summed E-state index contributed by atoms with van der Waals surface area (Å²) in [6, 6.07) is 0. The number of hydrogen-bond donors (Lipinski definition) is 0. The Bertz CT molecular complexity index is 412. The van der Waals surface area contributed by atoms with Crippen molar-refractivity contribution in [3.05, 3.63) is 15.6 Å². The first kappa shape index (κ1) is 12.5. The minimum atomic E-state index is -0.308. The summed E-state index contributed by atoms with van der Waals surface area (Å²) in [5.74, 6) is 0.267. The maximum absolute atomic E-state index is 11.5. The highest BCUT2D eigenvalue weighted by Crippen LogP contribution is 2.44. The van der Waals surface area contributed by atoms with Crippen LogP contribution in [0.2, 0.25) is 0 Å². The Balaban J connectivity index is 2.22. The fraction of sp³-hybridized carbons (Fsp3) is 0.667. The van der Waals surface area contributed by atoms with Crippen LogP contribution in [0.3, 0.4) is 0 Å². The van der Waals surface area contributed by atoms with Crippen LogP contribution in [0.1, 0.15) is 46.2 Å². The predicted octanol–water partition coefficient (Wildman–Crippen LogP) is 2.73. The number of thiazole rings is 1. The molecule has 0 aliphatic heterocycles. The zero-order valence-electron chi connectivity index (χ0n) is 10.4. The van der Waals surface area contributed by atoms with Gasteiger partial charge in [-0.05, 0) is 32.6 Å². The zero-order chi connectivity index (χ0) is 12.4. The summed E-state index contributed by atoms with van der Waals surface area (Å²) >= 11 is 1.40. The lowest BCUT2D eigenvalue weighted by Crippen LogP contribution is -2.06. The highest BCUT2D eigenvalue weighted by molar-refractivity contribution is 7.13. The average molecular weight is 255 g/mol. The number of carbonyl (C=O) groups excluding carboxylic acids is 1. The number of aryl methyl sites for hydroxylation is 1. The van der Waals surface area contributed by atoms with Gasteiger partial charge in [0.1, 0.15) is 16.0 Å². The maximum atomic E-state index is 11.5. The number of hydrogen-bond acceptors (Lipinski definition) is 5. The Morgan fingerprint density at radius 2 is 2.29 bits per heavy atom. The minimum Gasteiger partial charge on any atom is -0.465 e. The van der Waals surface area contributed by atoms with Crippen molar-refractivity contribution in [2.45, 2.75) is 32.8 Å². The standard InChI is InChI=1S/C12H17NO3S/c1-4-16-9(8-5-6-8)11-13-7(2)10(17-11)12(14)15-3/h8-9H,4-6H2,1-3H3. The van der Waals surface area contributed by atoms with Gasteiger partial charge in [0, 0.05) is 6.61 Å². The third-order valence-electron chi connectivity index (χ3n) is 2.82. The molecule has 1 fully saturated rings. The van der Waals surface area contributed by atoms with Gasteiger partial charge >= 0.3 is 5.97 Å². The molecular weight excluding hydrogens is 238 g/mol. The summed E-state index contributed by atoms with van der Waals surface area (Å²) in [6.07, 6.45) is 2.44. The molecule has 1 unspecified atom stereocenters. The van der Waals surface area contributed by atoms with Gasteiger partial charge in [-0.15, -0.1) is 11.3 Å². The molecular formula is C12H17NO3S. The van der Waals surface area contributed by atoms with Crippen molar-refractivity contribution in [2.75, 3.05) is 13.7 Å². The third kappa shape index (κ3) is 2.66. The van der Waals surface area contributed by atoms with Gasteiger partial charge in [-0.25, -0.2) is 9.78 Å². The first-order valence-corrected chi connectivity index (χ1v) is 6.66. The second-order valence-corrected chi connectivity index (χ2v) is 5.20. The number of nitrogens with zero attached hydrogens (tertiary/aromatic N) is 1. The molecule has 0 radical (unpaired) electrons. The number of methoxy groups -OCH3 is 1. The molecule has 17 heavy (non-hydrogen) atoms. The van der Waals surface area contributed by atoms with Crippen molar-refractivity contribution in [1.82, 2.24) is 4.98 Å². The van der Waals surface area contributed by atoms with Crippen LogP contribution in [0.4, 0.5) is 0 Å². The van der Waals surface area contributed by atoms with E-state index < -0.39 is 0 Å². The summed E-state index contributed by atoms with van der Waals surface area (Å²) in [4.78, 5) is 16.6. The monoisotopic (exact) mass is 255 g/mol. The largest absolute Gasteiger partial charge is 0.465 e. The first-order chi connectivity index (χ1) is 8.17. The second-order valence-electron chi connectivity index (χ2n) is 4.17. The van der Waals surface area contributed by atoms with E-state index in [4.69, 9.17) is 9.47 Å². The average Bonchev–Trinajstić information content (AvgIpc) is 3.08. The maximum Gasteiger partial charge on any atom is 0.349 e. The molecule has 0 amide bonds. The van der Waals surface area contributed by atoms with E-state index >= 15 is 0 Å². The van der Waals surface area contributed by atoms with Crippen molar-refractivity contribution < 1.29 is 14.3 Å². The Labute approximate surface area is 105 Å². The van der Waals surface area contributed by atoms with Gasteiger partial charge in [0.05, 0.1) is 12.8 Å². The summed E-state index contributed by atoms with van der Waals surface area (Å²) in [7, 11) is 1.39. The molecule has 94 valence electrons. The van der Waals surface area contributed by atoms with Crippen LogP contribution in [-0.4, -0.2) is 24.7 Å². The normalized spacial score (nSPS) is 16.9. The third-order valence-corrected chi connectivity index (χ3v) is 4.02. The zero-order valence-corrected chi connectivity index (χ0v) is 11.2. The first-order valence-electron chi connectivity index (χ1n) is 5.84. The Morgan fingerprint density at radius 1 is 1.59 bits per heavy atom. The number of esters is 1. The van der Waals surface area contributed by atoms with E-state index in [0.29, 0.717) is 17.4 Å². The minimum absolute atomic E-state index is 0.0575. The highest BCUT2D eigenvalue weighted by Gasteiger charge is 2.35. The predicted molar refractivity (Wildman–Crippen MR) is 65.3 cm³/mol. The van der Waals surface area contributed by atoms with Crippen molar-refractivity contribution in [1.29, 1.82) is 0 Å². The van der Waals surface area contributed by atoms with Gasteiger partial charge in [-0.1, -0.05) is 0 Å². The van der Waals surface area contributed by atoms with Gasteiger partial charge in [0.15, 0.2) is 0 Å². The number of carbonyl (C=O) groups is 1. The van der Waals surface area contributed by atoms with Gasteiger partial charge in [-0.2, -0.15) is 0 Å². The number of rotatable bonds is 5. The molecule has 4 nitrogen and oxygen atoms in total. The highest BCUT2D eigenvalue weighted by atomic mass is 32.1. The Kier molecular flexibility index (Phi) is 3.79. The SMILES string of the molecule is CCOC(c1nc(C)c(C(=O)OC)s1)C1CC1. The van der Waals surface area contributed by atoms with Crippen LogP contribution in [0.5, 0.6) is 0 Å². The molecule has 1 atom stereocenters.